The third kappa shape index (κ3) is 5.26. The lowest BCUT2D eigenvalue weighted by atomic mass is 10.1. The third-order valence-electron chi connectivity index (χ3n) is 3.28. The van der Waals surface area contributed by atoms with Crippen molar-refractivity contribution in [3.63, 3.8) is 0 Å². The summed E-state index contributed by atoms with van der Waals surface area (Å²) < 4.78 is 12.6. The van der Waals surface area contributed by atoms with Crippen LogP contribution in [0.3, 0.4) is 0 Å². The summed E-state index contributed by atoms with van der Waals surface area (Å²) in [7, 11) is 0. The standard InChI is InChI=1S/C19H20INO3/c1-3-23-17-11-15(8-9-18(21)22)10-16(20)19(17)24-12-14-6-4-13(2)5-7-14/h4-11H,3,12H2,1-2H3,(H2,21,22). The number of nitrogens with two attached hydrogens (primary N) is 1. The van der Waals surface area contributed by atoms with E-state index in [1.54, 1.807) is 6.08 Å². The molecule has 4 nitrogen and oxygen atoms in total. The molecule has 0 bridgehead atoms. The van der Waals surface area contributed by atoms with Crippen LogP contribution in [0.25, 0.3) is 6.08 Å². The molecule has 2 aromatic rings. The lowest BCUT2D eigenvalue weighted by Gasteiger charge is -2.15. The molecule has 0 fully saturated rings. The van der Waals surface area contributed by atoms with Crippen LogP contribution >= 0.6 is 22.6 Å². The maximum absolute atomic E-state index is 10.9. The third-order valence-corrected chi connectivity index (χ3v) is 4.08. The fourth-order valence-electron chi connectivity index (χ4n) is 2.11. The average molecular weight is 437 g/mol. The number of amides is 1. The molecule has 0 radical (unpaired) electrons. The molecule has 0 saturated heterocycles. The number of halogens is 1. The van der Waals surface area contributed by atoms with Crippen molar-refractivity contribution < 1.29 is 14.3 Å². The molecule has 0 aliphatic carbocycles. The van der Waals surface area contributed by atoms with E-state index in [-0.39, 0.29) is 0 Å². The first kappa shape index (κ1) is 18.3. The highest BCUT2D eigenvalue weighted by Crippen LogP contribution is 2.35. The number of primary amides is 1. The summed E-state index contributed by atoms with van der Waals surface area (Å²) in [6.45, 7) is 4.97. The number of ether oxygens (including phenoxy) is 2. The summed E-state index contributed by atoms with van der Waals surface area (Å²) in [4.78, 5) is 10.9. The van der Waals surface area contributed by atoms with E-state index in [2.05, 4.69) is 41.6 Å². The summed E-state index contributed by atoms with van der Waals surface area (Å²) in [5.74, 6) is 0.873. The molecule has 0 aliphatic heterocycles. The second-order valence-corrected chi connectivity index (χ2v) is 6.44. The molecule has 0 unspecified atom stereocenters. The molecule has 0 aliphatic rings. The minimum absolute atomic E-state index is 0.465. The van der Waals surface area contributed by atoms with Crippen LogP contribution in [-0.4, -0.2) is 12.5 Å². The monoisotopic (exact) mass is 437 g/mol. The van der Waals surface area contributed by atoms with Crippen LogP contribution in [0, 0.1) is 10.5 Å². The summed E-state index contributed by atoms with van der Waals surface area (Å²) in [5.41, 5.74) is 8.29. The van der Waals surface area contributed by atoms with Crippen molar-refractivity contribution in [1.29, 1.82) is 0 Å². The Morgan fingerprint density at radius 2 is 1.92 bits per heavy atom. The molecule has 24 heavy (non-hydrogen) atoms. The number of aryl methyl sites for hydroxylation is 1. The molecular formula is C19H20INO3. The lowest BCUT2D eigenvalue weighted by Crippen LogP contribution is -2.05. The quantitative estimate of drug-likeness (QED) is 0.525. The fraction of sp³-hybridized carbons (Fsp3) is 0.211. The van der Waals surface area contributed by atoms with Crippen molar-refractivity contribution in [2.75, 3.05) is 6.61 Å². The summed E-state index contributed by atoms with van der Waals surface area (Å²) in [6, 6.07) is 12.0. The van der Waals surface area contributed by atoms with Crippen molar-refractivity contribution in [1.82, 2.24) is 0 Å². The minimum atomic E-state index is -0.484. The zero-order chi connectivity index (χ0) is 17.5. The maximum Gasteiger partial charge on any atom is 0.241 e. The van der Waals surface area contributed by atoms with Crippen LogP contribution in [-0.2, 0) is 11.4 Å². The van der Waals surface area contributed by atoms with Gasteiger partial charge in [-0.1, -0.05) is 29.8 Å². The number of carbonyl (C=O) groups excluding carboxylic acids is 1. The van der Waals surface area contributed by atoms with Gasteiger partial charge in [-0.15, -0.1) is 0 Å². The van der Waals surface area contributed by atoms with E-state index in [4.69, 9.17) is 15.2 Å². The molecule has 0 atom stereocenters. The molecule has 1 amide bonds. The zero-order valence-electron chi connectivity index (χ0n) is 13.7. The van der Waals surface area contributed by atoms with E-state index in [0.29, 0.717) is 24.7 Å². The minimum Gasteiger partial charge on any atom is -0.490 e. The second-order valence-electron chi connectivity index (χ2n) is 5.27. The molecule has 126 valence electrons. The summed E-state index contributed by atoms with van der Waals surface area (Å²) in [5, 5.41) is 0. The Balaban J connectivity index is 2.23. The summed E-state index contributed by atoms with van der Waals surface area (Å²) in [6.07, 6.45) is 2.99. The van der Waals surface area contributed by atoms with Crippen molar-refractivity contribution in [3.05, 3.63) is 62.7 Å². The maximum atomic E-state index is 10.9. The molecular weight excluding hydrogens is 417 g/mol. The molecule has 0 aromatic heterocycles. The topological polar surface area (TPSA) is 61.5 Å². The zero-order valence-corrected chi connectivity index (χ0v) is 15.9. The highest BCUT2D eigenvalue weighted by Gasteiger charge is 2.12. The van der Waals surface area contributed by atoms with E-state index < -0.39 is 5.91 Å². The molecule has 0 heterocycles. The highest BCUT2D eigenvalue weighted by molar-refractivity contribution is 14.1. The first-order chi connectivity index (χ1) is 11.5. The van der Waals surface area contributed by atoms with E-state index in [0.717, 1.165) is 14.7 Å². The largest absolute Gasteiger partial charge is 0.490 e. The second kappa shape index (κ2) is 8.73. The van der Waals surface area contributed by atoms with Gasteiger partial charge in [0.15, 0.2) is 11.5 Å². The number of carbonyl (C=O) groups is 1. The van der Waals surface area contributed by atoms with Gasteiger partial charge in [0.05, 0.1) is 10.2 Å². The Hall–Kier alpha value is -2.02. The average Bonchev–Trinajstić information content (AvgIpc) is 2.54. The van der Waals surface area contributed by atoms with E-state index in [9.17, 15) is 4.79 Å². The molecule has 2 aromatic carbocycles. The van der Waals surface area contributed by atoms with E-state index >= 15 is 0 Å². The fourth-order valence-corrected chi connectivity index (χ4v) is 2.89. The normalized spacial score (nSPS) is 10.8. The smallest absolute Gasteiger partial charge is 0.241 e. The van der Waals surface area contributed by atoms with Crippen LogP contribution in [0.2, 0.25) is 0 Å². The van der Waals surface area contributed by atoms with E-state index in [1.165, 1.54) is 11.6 Å². The predicted molar refractivity (Wildman–Crippen MR) is 104 cm³/mol. The van der Waals surface area contributed by atoms with Crippen LogP contribution in [0.5, 0.6) is 11.5 Å². The first-order valence-corrected chi connectivity index (χ1v) is 8.69. The Labute approximate surface area is 155 Å². The number of benzene rings is 2. The molecule has 2 N–H and O–H groups in total. The van der Waals surface area contributed by atoms with Crippen LogP contribution < -0.4 is 15.2 Å². The Morgan fingerprint density at radius 1 is 1.21 bits per heavy atom. The van der Waals surface area contributed by atoms with Gasteiger partial charge in [-0.2, -0.15) is 0 Å². The van der Waals surface area contributed by atoms with Crippen LogP contribution in [0.1, 0.15) is 23.6 Å². The van der Waals surface area contributed by atoms with Gasteiger partial charge >= 0.3 is 0 Å². The molecule has 0 spiro atoms. The number of hydrogen-bond donors (Lipinski definition) is 1. The van der Waals surface area contributed by atoms with Gasteiger partial charge in [0, 0.05) is 6.08 Å². The molecule has 0 saturated carbocycles. The molecule has 2 rings (SSSR count). The number of rotatable bonds is 7. The van der Waals surface area contributed by atoms with Gasteiger partial charge < -0.3 is 15.2 Å². The van der Waals surface area contributed by atoms with Crippen LogP contribution in [0.4, 0.5) is 0 Å². The van der Waals surface area contributed by atoms with Gasteiger partial charge in [-0.05, 0) is 65.8 Å². The van der Waals surface area contributed by atoms with Crippen molar-refractivity contribution >= 4 is 34.6 Å². The highest BCUT2D eigenvalue weighted by atomic mass is 127. The van der Waals surface area contributed by atoms with Crippen molar-refractivity contribution in [2.45, 2.75) is 20.5 Å². The summed E-state index contributed by atoms with van der Waals surface area (Å²) >= 11 is 2.20. The van der Waals surface area contributed by atoms with Crippen LogP contribution in [0.15, 0.2) is 42.5 Å². The Kier molecular flexibility index (Phi) is 6.66. The predicted octanol–water partition coefficient (Wildman–Crippen LogP) is 4.08. The van der Waals surface area contributed by atoms with Gasteiger partial charge in [0.1, 0.15) is 6.61 Å². The lowest BCUT2D eigenvalue weighted by molar-refractivity contribution is -0.113. The van der Waals surface area contributed by atoms with Gasteiger partial charge in [0.2, 0.25) is 5.91 Å². The Bertz CT molecular complexity index is 739. The van der Waals surface area contributed by atoms with Gasteiger partial charge in [-0.3, -0.25) is 4.79 Å². The van der Waals surface area contributed by atoms with Crippen molar-refractivity contribution in [3.8, 4) is 11.5 Å². The SMILES string of the molecule is CCOc1cc(C=CC(N)=O)cc(I)c1OCc1ccc(C)cc1. The van der Waals surface area contributed by atoms with Gasteiger partial charge in [-0.25, -0.2) is 0 Å². The first-order valence-electron chi connectivity index (χ1n) is 7.61. The van der Waals surface area contributed by atoms with Crippen molar-refractivity contribution in [2.24, 2.45) is 5.73 Å². The molecule has 5 heteroatoms. The van der Waals surface area contributed by atoms with Gasteiger partial charge in [0.25, 0.3) is 0 Å². The Morgan fingerprint density at radius 3 is 2.54 bits per heavy atom. The van der Waals surface area contributed by atoms with E-state index in [1.807, 2.05) is 31.2 Å². The number of hydrogen-bond acceptors (Lipinski definition) is 3.